The van der Waals surface area contributed by atoms with E-state index in [0.29, 0.717) is 19.0 Å². The lowest BCUT2D eigenvalue weighted by Gasteiger charge is -2.19. The Hall–Kier alpha value is -1.76. The molecule has 2 N–H and O–H groups in total. The molecule has 0 bridgehead atoms. The number of aryl methyl sites for hydroxylation is 1. The number of hydrogen-bond acceptors (Lipinski definition) is 4. The van der Waals surface area contributed by atoms with E-state index < -0.39 is 9.84 Å². The Labute approximate surface area is 170 Å². The SMILES string of the molecule is CCNC(=NCc1ccc(C)cc1OC(C)CC)NCC1(CS(C)(=O)=O)CC1. The van der Waals surface area contributed by atoms with Crippen LogP contribution < -0.4 is 15.4 Å². The summed E-state index contributed by atoms with van der Waals surface area (Å²) >= 11 is 0. The fourth-order valence-corrected chi connectivity index (χ4v) is 4.59. The topological polar surface area (TPSA) is 79.8 Å². The van der Waals surface area contributed by atoms with Crippen molar-refractivity contribution >= 4 is 15.8 Å². The Morgan fingerprint density at radius 1 is 1.29 bits per heavy atom. The highest BCUT2D eigenvalue weighted by molar-refractivity contribution is 7.90. The second kappa shape index (κ2) is 9.63. The minimum absolute atomic E-state index is 0.140. The van der Waals surface area contributed by atoms with Crippen LogP contribution >= 0.6 is 0 Å². The van der Waals surface area contributed by atoms with E-state index in [1.165, 1.54) is 6.26 Å². The van der Waals surface area contributed by atoms with Crippen LogP contribution in [0.2, 0.25) is 0 Å². The second-order valence-corrected chi connectivity index (χ2v) is 10.2. The van der Waals surface area contributed by atoms with Crippen LogP contribution in [0.1, 0.15) is 51.2 Å². The van der Waals surface area contributed by atoms with Gasteiger partial charge in [0.15, 0.2) is 5.96 Å². The highest BCUT2D eigenvalue weighted by Gasteiger charge is 2.45. The molecule has 0 aliphatic heterocycles. The lowest BCUT2D eigenvalue weighted by molar-refractivity contribution is 0.215. The summed E-state index contributed by atoms with van der Waals surface area (Å²) in [5.41, 5.74) is 2.06. The third kappa shape index (κ3) is 7.34. The molecule has 7 heteroatoms. The second-order valence-electron chi connectivity index (χ2n) is 8.07. The zero-order chi connectivity index (χ0) is 20.8. The van der Waals surface area contributed by atoms with E-state index in [2.05, 4.69) is 49.6 Å². The zero-order valence-electron chi connectivity index (χ0n) is 17.8. The predicted molar refractivity (Wildman–Crippen MR) is 116 cm³/mol. The number of sulfone groups is 1. The van der Waals surface area contributed by atoms with Crippen LogP contribution in [0, 0.1) is 12.3 Å². The molecule has 0 aromatic heterocycles. The van der Waals surface area contributed by atoms with E-state index in [1.54, 1.807) is 0 Å². The maximum atomic E-state index is 11.7. The van der Waals surface area contributed by atoms with Crippen LogP contribution in [0.3, 0.4) is 0 Å². The normalized spacial score (nSPS) is 17.1. The summed E-state index contributed by atoms with van der Waals surface area (Å²) in [6.07, 6.45) is 4.29. The predicted octanol–water partition coefficient (Wildman–Crippen LogP) is 3.05. The number of rotatable bonds is 10. The molecule has 6 nitrogen and oxygen atoms in total. The van der Waals surface area contributed by atoms with E-state index >= 15 is 0 Å². The first kappa shape index (κ1) is 22.5. The standard InChI is InChI=1S/C21H35N3O3S/c1-6-17(4)27-19-12-16(3)8-9-18(19)13-23-20(22-7-2)24-14-21(10-11-21)15-28(5,25)26/h8-9,12,17H,6-7,10-11,13-15H2,1-5H3,(H2,22,23,24). The van der Waals surface area contributed by atoms with Crippen molar-refractivity contribution in [3.63, 3.8) is 0 Å². The van der Waals surface area contributed by atoms with Crippen molar-refractivity contribution in [1.82, 2.24) is 10.6 Å². The largest absolute Gasteiger partial charge is 0.490 e. The van der Waals surface area contributed by atoms with Crippen LogP contribution in [0.15, 0.2) is 23.2 Å². The van der Waals surface area contributed by atoms with Crippen molar-refractivity contribution in [3.05, 3.63) is 29.3 Å². The van der Waals surface area contributed by atoms with Gasteiger partial charge in [0, 0.05) is 30.3 Å². The van der Waals surface area contributed by atoms with Gasteiger partial charge in [0.25, 0.3) is 0 Å². The molecule has 1 atom stereocenters. The van der Waals surface area contributed by atoms with Crippen LogP contribution in [0.4, 0.5) is 0 Å². The number of guanidine groups is 1. The first-order chi connectivity index (χ1) is 13.2. The van der Waals surface area contributed by atoms with Crippen LogP contribution in [-0.2, 0) is 16.4 Å². The number of aliphatic imine (C=N–C) groups is 1. The van der Waals surface area contributed by atoms with Gasteiger partial charge >= 0.3 is 0 Å². The molecular weight excluding hydrogens is 374 g/mol. The average Bonchev–Trinajstić information content (AvgIpc) is 3.36. The number of hydrogen-bond donors (Lipinski definition) is 2. The fraction of sp³-hybridized carbons (Fsp3) is 0.667. The third-order valence-corrected chi connectivity index (χ3v) is 6.17. The Kier molecular flexibility index (Phi) is 7.75. The summed E-state index contributed by atoms with van der Waals surface area (Å²) in [4.78, 5) is 4.70. The van der Waals surface area contributed by atoms with Gasteiger partial charge < -0.3 is 15.4 Å². The highest BCUT2D eigenvalue weighted by atomic mass is 32.2. The van der Waals surface area contributed by atoms with Crippen molar-refractivity contribution < 1.29 is 13.2 Å². The molecule has 1 aliphatic rings. The monoisotopic (exact) mass is 409 g/mol. The van der Waals surface area contributed by atoms with Gasteiger partial charge in [-0.1, -0.05) is 19.1 Å². The summed E-state index contributed by atoms with van der Waals surface area (Å²) in [5, 5.41) is 6.58. The van der Waals surface area contributed by atoms with Crippen molar-refractivity contribution in [2.45, 2.75) is 59.6 Å². The van der Waals surface area contributed by atoms with Crippen LogP contribution in [0.25, 0.3) is 0 Å². The number of ether oxygens (including phenoxy) is 1. The lowest BCUT2D eigenvalue weighted by atomic mass is 10.1. The lowest BCUT2D eigenvalue weighted by Crippen LogP contribution is -2.41. The summed E-state index contributed by atoms with van der Waals surface area (Å²) in [5.74, 6) is 1.82. The molecule has 1 saturated carbocycles. The molecular formula is C21H35N3O3S. The van der Waals surface area contributed by atoms with E-state index in [-0.39, 0.29) is 17.3 Å². The number of nitrogens with one attached hydrogen (secondary N) is 2. The molecule has 0 spiro atoms. The molecule has 0 radical (unpaired) electrons. The van der Waals surface area contributed by atoms with E-state index in [0.717, 1.165) is 42.7 Å². The zero-order valence-corrected chi connectivity index (χ0v) is 18.7. The molecule has 2 rings (SSSR count). The van der Waals surface area contributed by atoms with Crippen molar-refractivity contribution in [1.29, 1.82) is 0 Å². The quantitative estimate of drug-likeness (QED) is 0.459. The van der Waals surface area contributed by atoms with Crippen molar-refractivity contribution in [3.8, 4) is 5.75 Å². The van der Waals surface area contributed by atoms with Crippen molar-refractivity contribution in [2.75, 3.05) is 25.1 Å². The highest BCUT2D eigenvalue weighted by Crippen LogP contribution is 2.46. The minimum atomic E-state index is -2.98. The Morgan fingerprint density at radius 2 is 2.00 bits per heavy atom. The molecule has 0 saturated heterocycles. The van der Waals surface area contributed by atoms with E-state index in [1.807, 2.05) is 6.92 Å². The summed E-state index contributed by atoms with van der Waals surface area (Å²) in [6.45, 7) is 10.1. The minimum Gasteiger partial charge on any atom is -0.490 e. The van der Waals surface area contributed by atoms with Gasteiger partial charge in [0.2, 0.25) is 0 Å². The fourth-order valence-electron chi connectivity index (χ4n) is 3.08. The van der Waals surface area contributed by atoms with Gasteiger partial charge in [-0.2, -0.15) is 0 Å². The smallest absolute Gasteiger partial charge is 0.191 e. The Balaban J connectivity index is 2.06. The maximum absolute atomic E-state index is 11.7. The van der Waals surface area contributed by atoms with Crippen LogP contribution in [-0.4, -0.2) is 45.6 Å². The first-order valence-corrected chi connectivity index (χ1v) is 12.2. The van der Waals surface area contributed by atoms with Gasteiger partial charge in [-0.05, 0) is 51.7 Å². The van der Waals surface area contributed by atoms with Gasteiger partial charge in [-0.3, -0.25) is 0 Å². The van der Waals surface area contributed by atoms with Gasteiger partial charge in [0.05, 0.1) is 18.4 Å². The third-order valence-electron chi connectivity index (χ3n) is 5.03. The van der Waals surface area contributed by atoms with E-state index in [4.69, 9.17) is 9.73 Å². The van der Waals surface area contributed by atoms with Gasteiger partial charge in [-0.25, -0.2) is 13.4 Å². The molecule has 1 aromatic rings. The number of nitrogens with zero attached hydrogens (tertiary/aromatic N) is 1. The average molecular weight is 410 g/mol. The first-order valence-electron chi connectivity index (χ1n) is 10.1. The molecule has 0 amide bonds. The molecule has 28 heavy (non-hydrogen) atoms. The molecule has 1 fully saturated rings. The van der Waals surface area contributed by atoms with Crippen LogP contribution in [0.5, 0.6) is 5.75 Å². The molecule has 1 aliphatic carbocycles. The van der Waals surface area contributed by atoms with E-state index in [9.17, 15) is 8.42 Å². The molecule has 158 valence electrons. The molecule has 0 heterocycles. The summed E-state index contributed by atoms with van der Waals surface area (Å²) in [6, 6.07) is 6.19. The summed E-state index contributed by atoms with van der Waals surface area (Å²) < 4.78 is 29.4. The summed E-state index contributed by atoms with van der Waals surface area (Å²) in [7, 11) is -2.98. The Bertz CT molecular complexity index is 786. The molecule has 1 aromatic carbocycles. The number of benzene rings is 1. The van der Waals surface area contributed by atoms with Crippen molar-refractivity contribution in [2.24, 2.45) is 10.4 Å². The Morgan fingerprint density at radius 3 is 2.57 bits per heavy atom. The van der Waals surface area contributed by atoms with Gasteiger partial charge in [-0.15, -0.1) is 0 Å². The van der Waals surface area contributed by atoms with Gasteiger partial charge in [0.1, 0.15) is 15.6 Å². The maximum Gasteiger partial charge on any atom is 0.191 e. The molecule has 1 unspecified atom stereocenters.